The zero-order valence-electron chi connectivity index (χ0n) is 12.3. The van der Waals surface area contributed by atoms with Crippen LogP contribution in [0.25, 0.3) is 0 Å². The van der Waals surface area contributed by atoms with Crippen LogP contribution >= 0.6 is 0 Å². The van der Waals surface area contributed by atoms with Crippen molar-refractivity contribution in [1.82, 2.24) is 10.2 Å². The Balaban J connectivity index is 2.35. The molecule has 0 aromatic rings. The van der Waals surface area contributed by atoms with Crippen molar-refractivity contribution in [3.05, 3.63) is 0 Å². The normalized spacial score (nSPS) is 19.4. The number of nitrogens with one attached hydrogen (secondary N) is 1. The Kier molecular flexibility index (Phi) is 8.79. The fourth-order valence-electron chi connectivity index (χ4n) is 2.44. The highest BCUT2D eigenvalue weighted by Crippen LogP contribution is 2.15. The highest BCUT2D eigenvalue weighted by atomic mass is 16.5. The molecule has 5 heteroatoms. The minimum atomic E-state index is 0.252. The summed E-state index contributed by atoms with van der Waals surface area (Å²) in [5, 5.41) is 3.36. The molecule has 1 aliphatic heterocycles. The summed E-state index contributed by atoms with van der Waals surface area (Å²) in [6.07, 6.45) is 3.88. The summed E-state index contributed by atoms with van der Waals surface area (Å²) in [7, 11) is 3.36. The summed E-state index contributed by atoms with van der Waals surface area (Å²) >= 11 is 0. The summed E-state index contributed by atoms with van der Waals surface area (Å²) in [5.41, 5.74) is 0. The zero-order valence-corrected chi connectivity index (χ0v) is 12.3. The van der Waals surface area contributed by atoms with E-state index >= 15 is 0 Å². The van der Waals surface area contributed by atoms with Gasteiger partial charge in [0, 0.05) is 40.3 Å². The van der Waals surface area contributed by atoms with Gasteiger partial charge in [0.15, 0.2) is 0 Å². The number of nitrogens with zero attached hydrogens (tertiary/aromatic N) is 1. The molecule has 0 aromatic heterocycles. The van der Waals surface area contributed by atoms with Crippen LogP contribution in [0.4, 0.5) is 0 Å². The van der Waals surface area contributed by atoms with E-state index in [4.69, 9.17) is 9.47 Å². The molecule has 5 nitrogen and oxygen atoms in total. The number of methoxy groups -OCH3 is 2. The van der Waals surface area contributed by atoms with E-state index in [1.807, 2.05) is 4.90 Å². The summed E-state index contributed by atoms with van der Waals surface area (Å²) in [4.78, 5) is 14.2. The molecule has 1 rings (SSSR count). The minimum Gasteiger partial charge on any atom is -0.385 e. The van der Waals surface area contributed by atoms with E-state index in [1.165, 1.54) is 6.42 Å². The number of carbonyl (C=O) groups excluding carboxylic acids is 1. The Hall–Kier alpha value is -0.650. The Labute approximate surface area is 116 Å². The van der Waals surface area contributed by atoms with E-state index in [9.17, 15) is 4.79 Å². The molecule has 1 unspecified atom stereocenters. The number of carbonyl (C=O) groups is 1. The quantitative estimate of drug-likeness (QED) is 0.633. The van der Waals surface area contributed by atoms with Crippen LogP contribution < -0.4 is 5.32 Å². The number of rotatable bonds is 9. The van der Waals surface area contributed by atoms with Crippen molar-refractivity contribution < 1.29 is 14.3 Å². The minimum absolute atomic E-state index is 0.252. The monoisotopic (exact) mass is 272 g/mol. The first kappa shape index (κ1) is 16.4. The van der Waals surface area contributed by atoms with Gasteiger partial charge >= 0.3 is 0 Å². The molecule has 0 aliphatic carbocycles. The summed E-state index contributed by atoms with van der Waals surface area (Å²) in [5.74, 6) is 0.746. The second-order valence-corrected chi connectivity index (χ2v) is 5.14. The van der Waals surface area contributed by atoms with E-state index in [-0.39, 0.29) is 5.91 Å². The molecule has 19 heavy (non-hydrogen) atoms. The zero-order chi connectivity index (χ0) is 13.9. The van der Waals surface area contributed by atoms with Gasteiger partial charge in [-0.2, -0.15) is 0 Å². The molecule has 0 spiro atoms. The predicted molar refractivity (Wildman–Crippen MR) is 75.2 cm³/mol. The molecule has 0 radical (unpaired) electrons. The molecule has 0 bridgehead atoms. The van der Waals surface area contributed by atoms with Gasteiger partial charge in [0.25, 0.3) is 0 Å². The third kappa shape index (κ3) is 6.89. The van der Waals surface area contributed by atoms with Crippen molar-refractivity contribution in [2.24, 2.45) is 5.92 Å². The van der Waals surface area contributed by atoms with E-state index in [0.717, 1.165) is 32.5 Å². The molecule has 1 saturated heterocycles. The van der Waals surface area contributed by atoms with Crippen LogP contribution in [0.1, 0.15) is 25.7 Å². The van der Waals surface area contributed by atoms with E-state index in [1.54, 1.807) is 14.2 Å². The van der Waals surface area contributed by atoms with Crippen LogP contribution in [0, 0.1) is 5.92 Å². The molecule has 0 saturated carbocycles. The average Bonchev–Trinajstić information content (AvgIpc) is 2.43. The summed E-state index contributed by atoms with van der Waals surface area (Å²) in [6.45, 7) is 4.80. The highest BCUT2D eigenvalue weighted by molar-refractivity contribution is 5.76. The van der Waals surface area contributed by atoms with Crippen molar-refractivity contribution in [3.8, 4) is 0 Å². The van der Waals surface area contributed by atoms with E-state index < -0.39 is 0 Å². The van der Waals surface area contributed by atoms with Gasteiger partial charge in [-0.3, -0.25) is 4.79 Å². The van der Waals surface area contributed by atoms with Gasteiger partial charge in [-0.25, -0.2) is 0 Å². The van der Waals surface area contributed by atoms with Gasteiger partial charge < -0.3 is 19.7 Å². The molecule has 1 fully saturated rings. The van der Waals surface area contributed by atoms with Crippen LogP contribution in [0.5, 0.6) is 0 Å². The second kappa shape index (κ2) is 10.2. The van der Waals surface area contributed by atoms with Crippen molar-refractivity contribution >= 4 is 5.91 Å². The van der Waals surface area contributed by atoms with Gasteiger partial charge in [-0.15, -0.1) is 0 Å². The lowest BCUT2D eigenvalue weighted by atomic mass is 9.95. The number of ether oxygens (including phenoxy) is 2. The Morgan fingerprint density at radius 2 is 2.05 bits per heavy atom. The molecule has 1 N–H and O–H groups in total. The highest BCUT2D eigenvalue weighted by Gasteiger charge is 2.20. The average molecular weight is 272 g/mol. The standard InChI is InChI=1S/C14H28N2O3/c1-18-9-4-7-16(8-10-19-2)14(17)11-13-5-3-6-15-12-13/h13,15H,3-12H2,1-2H3. The van der Waals surface area contributed by atoms with Gasteiger partial charge in [0.2, 0.25) is 5.91 Å². The molecule has 0 aromatic carbocycles. The van der Waals surface area contributed by atoms with Crippen molar-refractivity contribution in [2.75, 3.05) is 53.6 Å². The lowest BCUT2D eigenvalue weighted by molar-refractivity contribution is -0.133. The third-order valence-corrected chi connectivity index (χ3v) is 3.56. The van der Waals surface area contributed by atoms with Gasteiger partial charge in [0.1, 0.15) is 0 Å². The molecule has 1 amide bonds. The maximum absolute atomic E-state index is 12.3. The number of hydrogen-bond acceptors (Lipinski definition) is 4. The Morgan fingerprint density at radius 3 is 2.68 bits per heavy atom. The van der Waals surface area contributed by atoms with Crippen LogP contribution in [-0.4, -0.2) is 64.4 Å². The SMILES string of the molecule is COCCCN(CCOC)C(=O)CC1CCCNC1. The lowest BCUT2D eigenvalue weighted by Crippen LogP contribution is -2.39. The first-order valence-corrected chi connectivity index (χ1v) is 7.24. The fraction of sp³-hybridized carbons (Fsp3) is 0.929. The molecular weight excluding hydrogens is 244 g/mol. The smallest absolute Gasteiger partial charge is 0.222 e. The maximum atomic E-state index is 12.3. The lowest BCUT2D eigenvalue weighted by Gasteiger charge is -2.27. The Bertz CT molecular complexity index is 243. The molecular formula is C14H28N2O3. The van der Waals surface area contributed by atoms with Crippen molar-refractivity contribution in [1.29, 1.82) is 0 Å². The maximum Gasteiger partial charge on any atom is 0.222 e. The Morgan fingerprint density at radius 1 is 1.26 bits per heavy atom. The predicted octanol–water partition coefficient (Wildman–Crippen LogP) is 0.888. The number of hydrogen-bond donors (Lipinski definition) is 1. The second-order valence-electron chi connectivity index (χ2n) is 5.14. The first-order valence-electron chi connectivity index (χ1n) is 7.24. The third-order valence-electron chi connectivity index (χ3n) is 3.56. The first-order chi connectivity index (χ1) is 9.27. The number of piperidine rings is 1. The van der Waals surface area contributed by atoms with E-state index in [2.05, 4.69) is 5.32 Å². The van der Waals surface area contributed by atoms with Gasteiger partial charge in [-0.1, -0.05) is 0 Å². The molecule has 1 aliphatic rings. The molecule has 1 atom stereocenters. The number of amides is 1. The summed E-state index contributed by atoms with van der Waals surface area (Å²) < 4.78 is 10.1. The topological polar surface area (TPSA) is 50.8 Å². The van der Waals surface area contributed by atoms with Gasteiger partial charge in [0.05, 0.1) is 6.61 Å². The largest absolute Gasteiger partial charge is 0.385 e. The van der Waals surface area contributed by atoms with Crippen molar-refractivity contribution in [2.45, 2.75) is 25.7 Å². The fourth-order valence-corrected chi connectivity index (χ4v) is 2.44. The van der Waals surface area contributed by atoms with Crippen molar-refractivity contribution in [3.63, 3.8) is 0 Å². The molecule has 112 valence electrons. The van der Waals surface area contributed by atoms with Crippen LogP contribution in [0.2, 0.25) is 0 Å². The van der Waals surface area contributed by atoms with Gasteiger partial charge in [-0.05, 0) is 38.3 Å². The summed E-state index contributed by atoms with van der Waals surface area (Å²) in [6, 6.07) is 0. The van der Waals surface area contributed by atoms with Crippen LogP contribution in [-0.2, 0) is 14.3 Å². The van der Waals surface area contributed by atoms with Crippen LogP contribution in [0.3, 0.4) is 0 Å². The van der Waals surface area contributed by atoms with E-state index in [0.29, 0.717) is 32.1 Å². The van der Waals surface area contributed by atoms with Crippen LogP contribution in [0.15, 0.2) is 0 Å². The molecule has 1 heterocycles.